The molecule has 0 amide bonds. The van der Waals surface area contributed by atoms with Crippen LogP contribution in [0.2, 0.25) is 0 Å². The minimum atomic E-state index is 0.715. The molecule has 4 aromatic rings. The Hall–Kier alpha value is -3.14. The fourth-order valence-corrected chi connectivity index (χ4v) is 3.13. The topological polar surface area (TPSA) is 42.2 Å². The second-order valence-electron chi connectivity index (χ2n) is 6.29. The number of para-hydroxylation sites is 1. The lowest BCUT2D eigenvalue weighted by molar-refractivity contribution is 1.02. The Labute approximate surface area is 147 Å². The summed E-state index contributed by atoms with van der Waals surface area (Å²) in [5.41, 5.74) is 6.31. The van der Waals surface area contributed by atoms with Gasteiger partial charge in [-0.2, -0.15) is 0 Å². The third-order valence-electron chi connectivity index (χ3n) is 4.35. The molecule has 4 rings (SSSR count). The van der Waals surface area contributed by atoms with Gasteiger partial charge in [-0.15, -0.1) is 0 Å². The Balaban J connectivity index is 1.98. The summed E-state index contributed by atoms with van der Waals surface area (Å²) in [7, 11) is 0. The SMILES string of the molecule is Cc1cc(C)n2c(Nc3ccccc3C)c(-c3ccccc3)nc2n1. The van der Waals surface area contributed by atoms with E-state index in [1.165, 1.54) is 5.56 Å². The monoisotopic (exact) mass is 328 g/mol. The predicted molar refractivity (Wildman–Crippen MR) is 102 cm³/mol. The number of hydrogen-bond acceptors (Lipinski definition) is 3. The van der Waals surface area contributed by atoms with Crippen molar-refractivity contribution in [2.75, 3.05) is 5.32 Å². The van der Waals surface area contributed by atoms with Gasteiger partial charge in [-0.05, 0) is 38.5 Å². The Bertz CT molecular complexity index is 1050. The van der Waals surface area contributed by atoms with E-state index >= 15 is 0 Å². The lowest BCUT2D eigenvalue weighted by Gasteiger charge is -2.12. The van der Waals surface area contributed by atoms with Crippen LogP contribution < -0.4 is 5.32 Å². The quantitative estimate of drug-likeness (QED) is 0.571. The fourth-order valence-electron chi connectivity index (χ4n) is 3.13. The molecule has 0 aliphatic heterocycles. The van der Waals surface area contributed by atoms with E-state index < -0.39 is 0 Å². The first-order valence-electron chi connectivity index (χ1n) is 8.38. The van der Waals surface area contributed by atoms with Crippen molar-refractivity contribution in [3.8, 4) is 11.3 Å². The van der Waals surface area contributed by atoms with E-state index in [0.29, 0.717) is 5.78 Å². The van der Waals surface area contributed by atoms with E-state index in [1.807, 2.05) is 37.3 Å². The molecule has 0 unspecified atom stereocenters. The number of aryl methyl sites for hydroxylation is 3. The minimum Gasteiger partial charge on any atom is -0.339 e. The summed E-state index contributed by atoms with van der Waals surface area (Å²) < 4.78 is 2.09. The molecule has 0 atom stereocenters. The van der Waals surface area contributed by atoms with Crippen molar-refractivity contribution in [2.45, 2.75) is 20.8 Å². The Morgan fingerprint density at radius 1 is 0.840 bits per heavy atom. The predicted octanol–water partition coefficient (Wildman–Crippen LogP) is 5.07. The first-order chi connectivity index (χ1) is 12.1. The van der Waals surface area contributed by atoms with Crippen LogP contribution in [0.3, 0.4) is 0 Å². The van der Waals surface area contributed by atoms with E-state index in [9.17, 15) is 0 Å². The number of benzene rings is 2. The second kappa shape index (κ2) is 6.06. The summed E-state index contributed by atoms with van der Waals surface area (Å²) in [5.74, 6) is 1.66. The van der Waals surface area contributed by atoms with Gasteiger partial charge in [-0.1, -0.05) is 48.5 Å². The maximum Gasteiger partial charge on any atom is 0.236 e. The van der Waals surface area contributed by atoms with Gasteiger partial charge >= 0.3 is 0 Å². The summed E-state index contributed by atoms with van der Waals surface area (Å²) in [6, 6.07) is 20.6. The number of nitrogens with zero attached hydrogens (tertiary/aromatic N) is 3. The highest BCUT2D eigenvalue weighted by Gasteiger charge is 2.17. The summed E-state index contributed by atoms with van der Waals surface area (Å²) in [5, 5.41) is 3.58. The molecule has 124 valence electrons. The van der Waals surface area contributed by atoms with Gasteiger partial charge in [0.1, 0.15) is 11.5 Å². The second-order valence-corrected chi connectivity index (χ2v) is 6.29. The van der Waals surface area contributed by atoms with Crippen LogP contribution in [0, 0.1) is 20.8 Å². The van der Waals surface area contributed by atoms with Crippen LogP contribution in [0.1, 0.15) is 17.0 Å². The average molecular weight is 328 g/mol. The maximum absolute atomic E-state index is 4.82. The lowest BCUT2D eigenvalue weighted by atomic mass is 10.1. The summed E-state index contributed by atoms with van der Waals surface area (Å²) in [4.78, 5) is 9.44. The Morgan fingerprint density at radius 2 is 1.56 bits per heavy atom. The van der Waals surface area contributed by atoms with E-state index in [0.717, 1.165) is 34.2 Å². The minimum absolute atomic E-state index is 0.715. The molecule has 0 saturated heterocycles. The number of imidazole rings is 1. The van der Waals surface area contributed by atoms with Crippen molar-refractivity contribution in [3.05, 3.63) is 77.6 Å². The third kappa shape index (κ3) is 2.76. The van der Waals surface area contributed by atoms with E-state index in [4.69, 9.17) is 4.98 Å². The molecule has 4 heteroatoms. The van der Waals surface area contributed by atoms with Gasteiger partial charge in [0.2, 0.25) is 5.78 Å². The molecule has 0 bridgehead atoms. The van der Waals surface area contributed by atoms with E-state index in [1.54, 1.807) is 0 Å². The van der Waals surface area contributed by atoms with Gasteiger partial charge in [0, 0.05) is 22.6 Å². The summed E-state index contributed by atoms with van der Waals surface area (Å²) in [6.07, 6.45) is 0. The highest BCUT2D eigenvalue weighted by atomic mass is 15.2. The van der Waals surface area contributed by atoms with Gasteiger partial charge in [-0.25, -0.2) is 9.97 Å². The van der Waals surface area contributed by atoms with Gasteiger partial charge in [-0.3, -0.25) is 4.40 Å². The smallest absolute Gasteiger partial charge is 0.236 e. The summed E-state index contributed by atoms with van der Waals surface area (Å²) in [6.45, 7) is 6.18. The molecule has 0 spiro atoms. The molecule has 0 saturated carbocycles. The molecular formula is C21H20N4. The average Bonchev–Trinajstić information content (AvgIpc) is 2.96. The largest absolute Gasteiger partial charge is 0.339 e. The number of fused-ring (bicyclic) bond motifs is 1. The Kier molecular flexibility index (Phi) is 3.73. The molecule has 0 radical (unpaired) electrons. The molecule has 25 heavy (non-hydrogen) atoms. The first-order valence-corrected chi connectivity index (χ1v) is 8.38. The lowest BCUT2D eigenvalue weighted by Crippen LogP contribution is -2.02. The number of nitrogens with one attached hydrogen (secondary N) is 1. The molecule has 0 aliphatic rings. The van der Waals surface area contributed by atoms with Crippen LogP contribution in [0.5, 0.6) is 0 Å². The highest BCUT2D eigenvalue weighted by Crippen LogP contribution is 2.32. The van der Waals surface area contributed by atoms with Crippen LogP contribution in [0.15, 0.2) is 60.7 Å². The van der Waals surface area contributed by atoms with E-state index in [-0.39, 0.29) is 0 Å². The number of rotatable bonds is 3. The molecule has 0 aliphatic carbocycles. The summed E-state index contributed by atoms with van der Waals surface area (Å²) >= 11 is 0. The molecule has 4 nitrogen and oxygen atoms in total. The zero-order valence-corrected chi connectivity index (χ0v) is 14.6. The van der Waals surface area contributed by atoms with Crippen molar-refractivity contribution in [1.29, 1.82) is 0 Å². The first kappa shape index (κ1) is 15.4. The van der Waals surface area contributed by atoms with E-state index in [2.05, 4.69) is 58.9 Å². The third-order valence-corrected chi connectivity index (χ3v) is 4.35. The van der Waals surface area contributed by atoms with Crippen molar-refractivity contribution >= 4 is 17.3 Å². The van der Waals surface area contributed by atoms with Crippen LogP contribution in [0.25, 0.3) is 17.0 Å². The molecule has 2 aromatic heterocycles. The van der Waals surface area contributed by atoms with Crippen LogP contribution in [-0.4, -0.2) is 14.4 Å². The van der Waals surface area contributed by atoms with Crippen molar-refractivity contribution in [3.63, 3.8) is 0 Å². The molecule has 1 N–H and O–H groups in total. The highest BCUT2D eigenvalue weighted by molar-refractivity contribution is 5.79. The van der Waals surface area contributed by atoms with Gasteiger partial charge < -0.3 is 5.32 Å². The zero-order valence-electron chi connectivity index (χ0n) is 14.6. The van der Waals surface area contributed by atoms with Crippen LogP contribution in [-0.2, 0) is 0 Å². The van der Waals surface area contributed by atoms with Crippen molar-refractivity contribution in [1.82, 2.24) is 14.4 Å². The molecule has 0 fully saturated rings. The molecule has 2 heterocycles. The zero-order chi connectivity index (χ0) is 17.4. The normalized spacial score (nSPS) is 11.0. The molecule has 2 aromatic carbocycles. The number of hydrogen-bond donors (Lipinski definition) is 1. The fraction of sp³-hybridized carbons (Fsp3) is 0.143. The van der Waals surface area contributed by atoms with Gasteiger partial charge in [0.25, 0.3) is 0 Å². The van der Waals surface area contributed by atoms with Crippen molar-refractivity contribution in [2.24, 2.45) is 0 Å². The molecular weight excluding hydrogens is 308 g/mol. The maximum atomic E-state index is 4.82. The van der Waals surface area contributed by atoms with Crippen LogP contribution >= 0.6 is 0 Å². The Morgan fingerprint density at radius 3 is 2.32 bits per heavy atom. The van der Waals surface area contributed by atoms with Crippen LogP contribution in [0.4, 0.5) is 11.5 Å². The standard InChI is InChI=1S/C21H20N4/c1-14-9-7-8-12-18(14)23-20-19(17-10-5-4-6-11-17)24-21-22-15(2)13-16(3)25(20)21/h4-13,23H,1-3H3. The van der Waals surface area contributed by atoms with Gasteiger partial charge in [0.15, 0.2) is 0 Å². The number of aromatic nitrogens is 3. The van der Waals surface area contributed by atoms with Gasteiger partial charge in [0.05, 0.1) is 0 Å². The number of anilines is 2. The van der Waals surface area contributed by atoms with Crippen molar-refractivity contribution < 1.29 is 0 Å².